The van der Waals surface area contributed by atoms with Crippen molar-refractivity contribution in [2.24, 2.45) is 10.9 Å². The summed E-state index contributed by atoms with van der Waals surface area (Å²) in [7, 11) is 1.81. The third kappa shape index (κ3) is 7.15. The Labute approximate surface area is 170 Å². The second kappa shape index (κ2) is 11.7. The zero-order valence-electron chi connectivity index (χ0n) is 17.9. The number of nitrogens with one attached hydrogen (secondary N) is 3. The van der Waals surface area contributed by atoms with Crippen molar-refractivity contribution < 1.29 is 4.79 Å². The Kier molecular flexibility index (Phi) is 9.28. The SMILES string of the molecule is CCCN1CCC(NC(=NC)NCc2cccc(NC(=O)C(C)CC)c2)CC1. The number of guanidine groups is 1. The zero-order chi connectivity index (χ0) is 20.4. The number of carbonyl (C=O) groups is 1. The minimum Gasteiger partial charge on any atom is -0.354 e. The quantitative estimate of drug-likeness (QED) is 0.473. The summed E-state index contributed by atoms with van der Waals surface area (Å²) in [5.41, 5.74) is 1.96. The molecule has 2 rings (SSSR count). The molecule has 6 nitrogen and oxygen atoms in total. The summed E-state index contributed by atoms with van der Waals surface area (Å²) < 4.78 is 0. The maximum atomic E-state index is 12.1. The number of hydrogen-bond acceptors (Lipinski definition) is 3. The van der Waals surface area contributed by atoms with E-state index >= 15 is 0 Å². The molecule has 28 heavy (non-hydrogen) atoms. The predicted octanol–water partition coefficient (Wildman–Crippen LogP) is 3.21. The molecule has 6 heteroatoms. The molecule has 3 N–H and O–H groups in total. The van der Waals surface area contributed by atoms with Gasteiger partial charge in [0.2, 0.25) is 5.91 Å². The van der Waals surface area contributed by atoms with Crippen LogP contribution in [0.2, 0.25) is 0 Å². The van der Waals surface area contributed by atoms with E-state index in [-0.39, 0.29) is 11.8 Å². The van der Waals surface area contributed by atoms with Crippen LogP contribution >= 0.6 is 0 Å². The van der Waals surface area contributed by atoms with Gasteiger partial charge in [0.25, 0.3) is 0 Å². The van der Waals surface area contributed by atoms with E-state index < -0.39 is 0 Å². The summed E-state index contributed by atoms with van der Waals surface area (Å²) in [4.78, 5) is 19.0. The third-order valence-corrected chi connectivity index (χ3v) is 5.41. The molecule has 1 amide bonds. The Morgan fingerprint density at radius 1 is 1.29 bits per heavy atom. The van der Waals surface area contributed by atoms with E-state index in [9.17, 15) is 4.79 Å². The van der Waals surface area contributed by atoms with Crippen LogP contribution in [0.15, 0.2) is 29.3 Å². The van der Waals surface area contributed by atoms with Crippen LogP contribution in [-0.4, -0.2) is 49.5 Å². The molecular formula is C22H37N5O. The highest BCUT2D eigenvalue weighted by atomic mass is 16.1. The number of hydrogen-bond donors (Lipinski definition) is 3. The van der Waals surface area contributed by atoms with Gasteiger partial charge in [-0.25, -0.2) is 0 Å². The highest BCUT2D eigenvalue weighted by molar-refractivity contribution is 5.92. The van der Waals surface area contributed by atoms with Gasteiger partial charge in [-0.2, -0.15) is 0 Å². The van der Waals surface area contributed by atoms with Crippen molar-refractivity contribution in [3.63, 3.8) is 0 Å². The summed E-state index contributed by atoms with van der Waals surface area (Å²) >= 11 is 0. The molecule has 0 bridgehead atoms. The third-order valence-electron chi connectivity index (χ3n) is 5.41. The van der Waals surface area contributed by atoms with E-state index in [1.54, 1.807) is 0 Å². The number of piperidine rings is 1. The fraction of sp³-hybridized carbons (Fsp3) is 0.636. The average Bonchev–Trinajstić information content (AvgIpc) is 2.72. The molecule has 1 heterocycles. The molecule has 0 aliphatic carbocycles. The molecule has 156 valence electrons. The van der Waals surface area contributed by atoms with Crippen LogP contribution in [0.25, 0.3) is 0 Å². The lowest BCUT2D eigenvalue weighted by Gasteiger charge is -2.32. The van der Waals surface area contributed by atoms with Gasteiger partial charge in [-0.1, -0.05) is 32.9 Å². The van der Waals surface area contributed by atoms with Crippen molar-refractivity contribution in [2.75, 3.05) is 32.0 Å². The van der Waals surface area contributed by atoms with E-state index in [1.165, 1.54) is 13.0 Å². The monoisotopic (exact) mass is 387 g/mol. The number of anilines is 1. The average molecular weight is 388 g/mol. The maximum Gasteiger partial charge on any atom is 0.227 e. The fourth-order valence-electron chi connectivity index (χ4n) is 3.40. The number of carbonyl (C=O) groups excluding carboxylic acids is 1. The minimum absolute atomic E-state index is 0.0218. The number of amides is 1. The van der Waals surface area contributed by atoms with Crippen molar-refractivity contribution in [3.8, 4) is 0 Å². The number of nitrogens with zero attached hydrogens (tertiary/aromatic N) is 2. The lowest BCUT2D eigenvalue weighted by atomic mass is 10.1. The van der Waals surface area contributed by atoms with Crippen LogP contribution in [0.3, 0.4) is 0 Å². The first-order valence-corrected chi connectivity index (χ1v) is 10.6. The van der Waals surface area contributed by atoms with Gasteiger partial charge in [0.1, 0.15) is 0 Å². The van der Waals surface area contributed by atoms with Gasteiger partial charge in [0.15, 0.2) is 5.96 Å². The summed E-state index contributed by atoms with van der Waals surface area (Å²) in [5, 5.41) is 9.94. The van der Waals surface area contributed by atoms with Gasteiger partial charge >= 0.3 is 0 Å². The van der Waals surface area contributed by atoms with E-state index in [4.69, 9.17) is 0 Å². The van der Waals surface area contributed by atoms with Crippen molar-refractivity contribution >= 4 is 17.6 Å². The van der Waals surface area contributed by atoms with Gasteiger partial charge in [0.05, 0.1) is 0 Å². The number of aliphatic imine (C=N–C) groups is 1. The van der Waals surface area contributed by atoms with Gasteiger partial charge in [-0.3, -0.25) is 9.79 Å². The topological polar surface area (TPSA) is 68.8 Å². The van der Waals surface area contributed by atoms with E-state index in [0.29, 0.717) is 12.6 Å². The number of benzene rings is 1. The molecule has 1 saturated heterocycles. The second-order valence-electron chi connectivity index (χ2n) is 7.68. The summed E-state index contributed by atoms with van der Waals surface area (Å²) in [5.74, 6) is 0.927. The van der Waals surface area contributed by atoms with Crippen molar-refractivity contribution in [3.05, 3.63) is 29.8 Å². The Balaban J connectivity index is 1.82. The number of rotatable bonds is 8. The standard InChI is InChI=1S/C22H37N5O/c1-5-12-27-13-10-19(11-14-27)26-22(23-4)24-16-18-8-7-9-20(15-18)25-21(28)17(3)6-2/h7-9,15,17,19H,5-6,10-14,16H2,1-4H3,(H,25,28)(H2,23,24,26). The van der Waals surface area contributed by atoms with Crippen LogP contribution < -0.4 is 16.0 Å². The molecule has 0 spiro atoms. The van der Waals surface area contributed by atoms with Crippen molar-refractivity contribution in [1.29, 1.82) is 0 Å². The first kappa shape index (κ1) is 22.2. The van der Waals surface area contributed by atoms with Crippen LogP contribution in [0.1, 0.15) is 52.0 Å². The summed E-state index contributed by atoms with van der Waals surface area (Å²) in [6, 6.07) is 8.45. The molecule has 1 aliphatic rings. The molecule has 1 unspecified atom stereocenters. The molecular weight excluding hydrogens is 350 g/mol. The van der Waals surface area contributed by atoms with Crippen LogP contribution in [-0.2, 0) is 11.3 Å². The van der Waals surface area contributed by atoms with Crippen LogP contribution in [0, 0.1) is 5.92 Å². The molecule has 1 fully saturated rings. The first-order valence-electron chi connectivity index (χ1n) is 10.6. The zero-order valence-corrected chi connectivity index (χ0v) is 17.9. The Morgan fingerprint density at radius 3 is 2.68 bits per heavy atom. The molecule has 0 saturated carbocycles. The lowest BCUT2D eigenvalue weighted by molar-refractivity contribution is -0.119. The Bertz CT molecular complexity index is 638. The highest BCUT2D eigenvalue weighted by Gasteiger charge is 2.19. The second-order valence-corrected chi connectivity index (χ2v) is 7.68. The van der Waals surface area contributed by atoms with Crippen LogP contribution in [0.5, 0.6) is 0 Å². The minimum atomic E-state index is 0.0218. The van der Waals surface area contributed by atoms with Gasteiger partial charge in [0, 0.05) is 44.3 Å². The summed E-state index contributed by atoms with van der Waals surface area (Å²) in [6.07, 6.45) is 4.36. The normalized spacial score (nSPS) is 17.2. The van der Waals surface area contributed by atoms with E-state index in [2.05, 4.69) is 38.8 Å². The smallest absolute Gasteiger partial charge is 0.227 e. The van der Waals surface area contributed by atoms with Gasteiger partial charge in [-0.15, -0.1) is 0 Å². The predicted molar refractivity (Wildman–Crippen MR) is 118 cm³/mol. The lowest BCUT2D eigenvalue weighted by Crippen LogP contribution is -2.48. The molecule has 0 radical (unpaired) electrons. The number of likely N-dealkylation sites (tertiary alicyclic amines) is 1. The fourth-order valence-corrected chi connectivity index (χ4v) is 3.40. The molecule has 0 aromatic heterocycles. The molecule has 1 aromatic rings. The van der Waals surface area contributed by atoms with E-state index in [0.717, 1.165) is 49.6 Å². The molecule has 1 aromatic carbocycles. The van der Waals surface area contributed by atoms with Crippen LogP contribution in [0.4, 0.5) is 5.69 Å². The highest BCUT2D eigenvalue weighted by Crippen LogP contribution is 2.13. The van der Waals surface area contributed by atoms with Crippen molar-refractivity contribution in [1.82, 2.24) is 15.5 Å². The molecule has 1 aliphatic heterocycles. The van der Waals surface area contributed by atoms with E-state index in [1.807, 2.05) is 39.1 Å². The largest absolute Gasteiger partial charge is 0.354 e. The van der Waals surface area contributed by atoms with Gasteiger partial charge in [-0.05, 0) is 49.9 Å². The Morgan fingerprint density at radius 2 is 2.04 bits per heavy atom. The molecule has 1 atom stereocenters. The van der Waals surface area contributed by atoms with Crippen molar-refractivity contribution in [2.45, 2.75) is 59.0 Å². The van der Waals surface area contributed by atoms with Gasteiger partial charge < -0.3 is 20.9 Å². The Hall–Kier alpha value is -2.08. The maximum absolute atomic E-state index is 12.1. The summed E-state index contributed by atoms with van der Waals surface area (Å²) in [6.45, 7) is 10.4. The first-order chi connectivity index (χ1) is 13.5.